The van der Waals surface area contributed by atoms with Crippen LogP contribution in [0.5, 0.6) is 0 Å². The first-order valence-electron chi connectivity index (χ1n) is 22.3. The number of imidazole rings is 1. The third-order valence-electron chi connectivity index (χ3n) is 10.4. The monoisotopic (exact) mass is 1040 g/mol. The number of nitrogens with zero attached hydrogens (tertiary/aromatic N) is 4. The van der Waals surface area contributed by atoms with Crippen molar-refractivity contribution < 1.29 is 85.6 Å². The van der Waals surface area contributed by atoms with Gasteiger partial charge in [0.05, 0.1) is 33.5 Å². The van der Waals surface area contributed by atoms with Gasteiger partial charge in [0.15, 0.2) is 22.8 Å². The van der Waals surface area contributed by atoms with Gasteiger partial charge >= 0.3 is 0 Å². The van der Waals surface area contributed by atoms with Crippen molar-refractivity contribution in [1.29, 1.82) is 0 Å². The maximum Gasteiger partial charge on any atom is 0.274 e. The van der Waals surface area contributed by atoms with Crippen molar-refractivity contribution in [2.24, 2.45) is 5.41 Å². The average Bonchev–Trinajstić information content (AvgIpc) is 3.82. The molecule has 0 aliphatic carbocycles. The first-order chi connectivity index (χ1) is 31.9. The van der Waals surface area contributed by atoms with Crippen LogP contribution in [0.3, 0.4) is 0 Å². The van der Waals surface area contributed by atoms with Crippen LogP contribution in [0.4, 0.5) is 5.82 Å². The van der Waals surface area contributed by atoms with E-state index in [-0.39, 0.29) is 53.8 Å². The number of hydrogen-bond donors (Lipinski definition) is 6. The second-order valence-corrected chi connectivity index (χ2v) is 21.9. The highest BCUT2D eigenvalue weighted by molar-refractivity contribution is 8.13. The number of hydrogen-bond acceptors (Lipinski definition) is 23. The summed E-state index contributed by atoms with van der Waals surface area (Å²) in [6.07, 6.45) is 9.17. The Kier molecular flexibility index (Phi) is 25.4. The number of anilines is 1. The van der Waals surface area contributed by atoms with E-state index in [1.807, 2.05) is 0 Å². The molecule has 8 atom stereocenters. The Morgan fingerprint density at radius 3 is 2.26 bits per heavy atom. The number of nitrogen functional groups attached to an aromatic ring is 1. The number of phosphoric acid groups is 3. The van der Waals surface area contributed by atoms with E-state index in [2.05, 4.69) is 62.5 Å². The molecule has 25 nitrogen and oxygen atoms in total. The molecule has 3 heterocycles. The van der Waals surface area contributed by atoms with Crippen LogP contribution in [-0.4, -0.2) is 114 Å². The molecule has 2 aromatic heterocycles. The summed E-state index contributed by atoms with van der Waals surface area (Å²) in [5, 5.41) is 36.4. The molecule has 3 rings (SSSR count). The zero-order valence-electron chi connectivity index (χ0n) is 38.3. The number of carbonyl (C=O) groups excluding carboxylic acids is 3. The van der Waals surface area contributed by atoms with Crippen LogP contribution in [0.2, 0.25) is 0 Å². The van der Waals surface area contributed by atoms with E-state index in [9.17, 15) is 63.0 Å². The number of aliphatic hydroxyl groups is 3. The molecule has 1 aliphatic rings. The second kappa shape index (κ2) is 28.9. The van der Waals surface area contributed by atoms with E-state index >= 15 is 0 Å². The van der Waals surface area contributed by atoms with Crippen LogP contribution in [0.25, 0.3) is 11.2 Å². The molecule has 1 fully saturated rings. The van der Waals surface area contributed by atoms with Gasteiger partial charge in [0.2, 0.25) is 11.8 Å². The van der Waals surface area contributed by atoms with Crippen molar-refractivity contribution in [2.45, 2.75) is 147 Å². The van der Waals surface area contributed by atoms with Crippen LogP contribution in [0, 0.1) is 5.41 Å². The zero-order valence-corrected chi connectivity index (χ0v) is 41.8. The van der Waals surface area contributed by atoms with Gasteiger partial charge in [0.25, 0.3) is 15.6 Å². The topological polar surface area (TPSA) is 395 Å². The van der Waals surface area contributed by atoms with Crippen molar-refractivity contribution in [3.8, 4) is 0 Å². The predicted molar refractivity (Wildman–Crippen MR) is 239 cm³/mol. The minimum Gasteiger partial charge on any atom is -0.790 e. The molecular formula is C39H64N7O18P3S-4. The van der Waals surface area contributed by atoms with Crippen molar-refractivity contribution in [3.63, 3.8) is 0 Å². The molecule has 7 N–H and O–H groups in total. The van der Waals surface area contributed by atoms with E-state index in [4.69, 9.17) is 10.5 Å². The number of phosphoric ester groups is 3. The summed E-state index contributed by atoms with van der Waals surface area (Å²) >= 11 is 0.982. The highest BCUT2D eigenvalue weighted by atomic mass is 32.2. The Balaban J connectivity index is 1.32. The van der Waals surface area contributed by atoms with Gasteiger partial charge in [-0.3, -0.25) is 28.1 Å². The third kappa shape index (κ3) is 21.7. The normalized spacial score (nSPS) is 20.6. The number of thioether (sulfide) groups is 1. The standard InChI is InChI=1S/C39H68N7O18P3S/c1-4-5-6-7-8-9-10-11-12-13-14-15-16-17-27(47)22-30(49)68-21-20-41-29(48)18-19-42-37(52)34(51)39(2,3)24-61-67(58,59)64-66(56,57)60-23-28-33(63-65(53,54)55)32(50)38(62-28)46-26-45-31-35(40)43-25-44-36(31)46/h9-10,25-28,32-34,38,47,50-51H,4-8,11-24H2,1-3H3,(H,41,48)(H,42,52)(H,56,57)(H,58,59)(H2,40,43,44)(H2,53,54,55)/p-4/b10-9-/t27-,28-,32-,33-,34+,38-/m1/s1. The number of aromatic nitrogens is 4. The molecule has 388 valence electrons. The van der Waals surface area contributed by atoms with Gasteiger partial charge in [0, 0.05) is 37.1 Å². The summed E-state index contributed by atoms with van der Waals surface area (Å²) in [6, 6.07) is 0. The second-order valence-electron chi connectivity index (χ2n) is 16.7. The lowest BCUT2D eigenvalue weighted by molar-refractivity contribution is -0.347. The largest absolute Gasteiger partial charge is 0.790 e. The fraction of sp³-hybridized carbons (Fsp3) is 0.744. The molecule has 0 radical (unpaired) electrons. The minimum absolute atomic E-state index is 0.00798. The van der Waals surface area contributed by atoms with Gasteiger partial charge < -0.3 is 74.1 Å². The quantitative estimate of drug-likeness (QED) is 0.0325. The van der Waals surface area contributed by atoms with Gasteiger partial charge in [-0.1, -0.05) is 89.6 Å². The van der Waals surface area contributed by atoms with Crippen LogP contribution in [0.1, 0.15) is 117 Å². The van der Waals surface area contributed by atoms with E-state index in [0.29, 0.717) is 6.42 Å². The summed E-state index contributed by atoms with van der Waals surface area (Å²) in [5.74, 6) is -1.34. The lowest BCUT2D eigenvalue weighted by Gasteiger charge is -2.36. The number of ether oxygens (including phenoxy) is 1. The van der Waals surface area contributed by atoms with Gasteiger partial charge in [0.1, 0.15) is 36.3 Å². The van der Waals surface area contributed by atoms with E-state index in [1.165, 1.54) is 39.5 Å². The molecule has 0 spiro atoms. The van der Waals surface area contributed by atoms with Gasteiger partial charge in [-0.15, -0.1) is 0 Å². The Hall–Kier alpha value is -2.74. The number of rotatable bonds is 34. The van der Waals surface area contributed by atoms with Crippen molar-refractivity contribution in [1.82, 2.24) is 30.2 Å². The molecule has 1 aliphatic heterocycles. The Morgan fingerprint density at radius 1 is 0.941 bits per heavy atom. The molecule has 2 amide bonds. The average molecular weight is 1040 g/mol. The lowest BCUT2D eigenvalue weighted by atomic mass is 9.87. The number of carbonyl (C=O) groups is 3. The smallest absolute Gasteiger partial charge is 0.274 e. The van der Waals surface area contributed by atoms with Crippen molar-refractivity contribution in [2.75, 3.05) is 37.8 Å². The molecule has 0 bridgehead atoms. The predicted octanol–water partition coefficient (Wildman–Crippen LogP) is 1.15. The van der Waals surface area contributed by atoms with Crippen LogP contribution >= 0.6 is 35.2 Å². The summed E-state index contributed by atoms with van der Waals surface area (Å²) < 4.78 is 60.8. The highest BCUT2D eigenvalue weighted by Gasteiger charge is 2.47. The molecule has 2 aromatic rings. The van der Waals surface area contributed by atoms with Crippen molar-refractivity contribution >= 4 is 69.1 Å². The van der Waals surface area contributed by atoms with Crippen LogP contribution < -0.4 is 35.9 Å². The highest BCUT2D eigenvalue weighted by Crippen LogP contribution is 2.56. The number of nitrogens with one attached hydrogen (secondary N) is 2. The fourth-order valence-electron chi connectivity index (χ4n) is 6.72. The van der Waals surface area contributed by atoms with Gasteiger partial charge in [-0.2, -0.15) is 0 Å². The Labute approximate surface area is 399 Å². The number of amides is 2. The lowest BCUT2D eigenvalue weighted by Crippen LogP contribution is -2.46. The number of unbranched alkanes of at least 4 members (excludes halogenated alkanes) is 9. The number of fused-ring (bicyclic) bond motifs is 1. The van der Waals surface area contributed by atoms with Gasteiger partial charge in [-0.25, -0.2) is 19.3 Å². The van der Waals surface area contributed by atoms with E-state index in [1.54, 1.807) is 0 Å². The number of aliphatic hydroxyl groups excluding tert-OH is 3. The van der Waals surface area contributed by atoms with Crippen LogP contribution in [-0.2, 0) is 50.7 Å². The SMILES string of the molecule is CCCCCC/C=C\CCCCCCC[C@@H](O)CC(=O)SCCNC(=O)CCNC(=O)[C@H](O)C(C)(C)COP(=O)([O-])OP(=O)([O-])OC[C@H]1O[C@@H](n2cnc3c(N)ncnc32)[C@H](O)[C@@H]1OP(=O)([O-])[O-]. The third-order valence-corrected chi connectivity index (χ3v) is 14.4. The maximum absolute atomic E-state index is 12.6. The zero-order chi connectivity index (χ0) is 50.5. The van der Waals surface area contributed by atoms with E-state index < -0.39 is 90.7 Å². The molecule has 0 aromatic carbocycles. The minimum atomic E-state index is -5.93. The Morgan fingerprint density at radius 2 is 1.59 bits per heavy atom. The summed E-state index contributed by atoms with van der Waals surface area (Å²) in [5.41, 5.74) is 4.06. The Bertz CT molecular complexity index is 2080. The molecule has 0 saturated carbocycles. The van der Waals surface area contributed by atoms with Gasteiger partial charge in [-0.05, 0) is 32.1 Å². The summed E-state index contributed by atoms with van der Waals surface area (Å²) in [6.45, 7) is 2.20. The number of allylic oxidation sites excluding steroid dienone is 2. The molecule has 1 saturated heterocycles. The maximum atomic E-state index is 12.6. The first-order valence-corrected chi connectivity index (χ1v) is 27.6. The molecule has 29 heteroatoms. The molecule has 2 unspecified atom stereocenters. The van der Waals surface area contributed by atoms with E-state index in [0.717, 1.165) is 73.9 Å². The van der Waals surface area contributed by atoms with Crippen LogP contribution in [0.15, 0.2) is 24.8 Å². The summed E-state index contributed by atoms with van der Waals surface area (Å²) in [4.78, 5) is 96.9. The fourth-order valence-corrected chi connectivity index (χ4v) is 10.2. The molecule has 68 heavy (non-hydrogen) atoms. The molecular weight excluding hydrogens is 979 g/mol. The summed E-state index contributed by atoms with van der Waals surface area (Å²) in [7, 11) is -17.6. The van der Waals surface area contributed by atoms with Crippen molar-refractivity contribution in [3.05, 3.63) is 24.8 Å². The number of nitrogens with two attached hydrogens (primary N) is 1. The first kappa shape index (κ1) is 59.6.